The number of hydrogen-bond acceptors (Lipinski definition) is 4. The highest BCUT2D eigenvalue weighted by Crippen LogP contribution is 2.27. The van der Waals surface area contributed by atoms with Gasteiger partial charge in [0.2, 0.25) is 5.91 Å². The van der Waals surface area contributed by atoms with E-state index in [1.807, 2.05) is 19.1 Å². The van der Waals surface area contributed by atoms with Gasteiger partial charge in [-0.2, -0.15) is 0 Å². The molecule has 1 atom stereocenters. The smallest absolute Gasteiger partial charge is 0.234 e. The van der Waals surface area contributed by atoms with Crippen LogP contribution < -0.4 is 11.1 Å². The number of rotatable bonds is 5. The van der Waals surface area contributed by atoms with E-state index < -0.39 is 5.54 Å². The van der Waals surface area contributed by atoms with Crippen LogP contribution in [0.25, 0.3) is 0 Å². The molecule has 1 unspecified atom stereocenters. The Morgan fingerprint density at radius 1 is 1.05 bits per heavy atom. The van der Waals surface area contributed by atoms with Gasteiger partial charge in [0.05, 0.1) is 12.1 Å². The van der Waals surface area contributed by atoms with Crippen molar-refractivity contribution < 1.29 is 15.0 Å². The van der Waals surface area contributed by atoms with E-state index in [2.05, 4.69) is 5.32 Å². The highest BCUT2D eigenvalue weighted by atomic mass is 16.3. The number of amides is 1. The van der Waals surface area contributed by atoms with Gasteiger partial charge in [0.25, 0.3) is 0 Å². The number of carbonyl (C=O) groups is 1. The van der Waals surface area contributed by atoms with Crippen LogP contribution >= 0.6 is 0 Å². The maximum Gasteiger partial charge on any atom is 0.234 e. The minimum Gasteiger partial charge on any atom is -0.508 e. The van der Waals surface area contributed by atoms with Gasteiger partial charge in [0, 0.05) is 0 Å². The molecule has 2 aromatic rings. The molecule has 0 aromatic heterocycles. The summed E-state index contributed by atoms with van der Waals surface area (Å²) < 4.78 is 0. The van der Waals surface area contributed by atoms with Crippen LogP contribution in [-0.4, -0.2) is 22.7 Å². The Kier molecular flexibility index (Phi) is 4.68. The second-order valence-electron chi connectivity index (χ2n) is 5.47. The zero-order valence-electron chi connectivity index (χ0n) is 12.4. The molecular weight excluding hydrogens is 280 g/mol. The Balaban J connectivity index is 2.34. The number of phenolic OH excluding ortho intramolecular Hbond substituents is 2. The van der Waals surface area contributed by atoms with E-state index in [0.29, 0.717) is 6.42 Å². The average molecular weight is 300 g/mol. The standard InChI is InChI=1S/C17H20N2O3/c1-17(19-16(22)11-18,13-4-8-15(21)9-5-13)10-12-2-6-14(20)7-3-12/h2-9,20-21H,10-11,18H2,1H3,(H,19,22). The highest BCUT2D eigenvalue weighted by Gasteiger charge is 2.28. The number of nitrogens with two attached hydrogens (primary N) is 1. The molecule has 0 aliphatic rings. The number of benzene rings is 2. The molecule has 5 N–H and O–H groups in total. The Morgan fingerprint density at radius 2 is 1.55 bits per heavy atom. The summed E-state index contributed by atoms with van der Waals surface area (Å²) in [6.07, 6.45) is 0.532. The van der Waals surface area contributed by atoms with Gasteiger partial charge < -0.3 is 21.3 Å². The van der Waals surface area contributed by atoms with Crippen molar-refractivity contribution in [3.8, 4) is 11.5 Å². The monoisotopic (exact) mass is 300 g/mol. The lowest BCUT2D eigenvalue weighted by Crippen LogP contribution is -2.47. The molecule has 116 valence electrons. The van der Waals surface area contributed by atoms with Crippen molar-refractivity contribution in [2.45, 2.75) is 18.9 Å². The molecule has 1 amide bonds. The molecule has 2 rings (SSSR count). The topological polar surface area (TPSA) is 95.6 Å². The number of aromatic hydroxyl groups is 2. The summed E-state index contributed by atoms with van der Waals surface area (Å²) in [5, 5.41) is 21.7. The predicted molar refractivity (Wildman–Crippen MR) is 84.5 cm³/mol. The van der Waals surface area contributed by atoms with Gasteiger partial charge in [-0.25, -0.2) is 0 Å². The maximum absolute atomic E-state index is 11.8. The summed E-state index contributed by atoms with van der Waals surface area (Å²) in [4.78, 5) is 11.8. The van der Waals surface area contributed by atoms with Gasteiger partial charge in [-0.15, -0.1) is 0 Å². The third-order valence-corrected chi connectivity index (χ3v) is 3.60. The van der Waals surface area contributed by atoms with Crippen molar-refractivity contribution in [3.63, 3.8) is 0 Å². The van der Waals surface area contributed by atoms with Gasteiger partial charge in [-0.3, -0.25) is 4.79 Å². The van der Waals surface area contributed by atoms with Crippen LogP contribution in [0.2, 0.25) is 0 Å². The first-order valence-electron chi connectivity index (χ1n) is 7.01. The lowest BCUT2D eigenvalue weighted by molar-refractivity contribution is -0.121. The van der Waals surface area contributed by atoms with E-state index in [0.717, 1.165) is 11.1 Å². The first-order valence-corrected chi connectivity index (χ1v) is 7.01. The molecule has 0 saturated heterocycles. The molecule has 0 heterocycles. The van der Waals surface area contributed by atoms with Crippen LogP contribution in [0, 0.1) is 0 Å². The quantitative estimate of drug-likeness (QED) is 0.675. The number of phenols is 2. The molecule has 0 bridgehead atoms. The van der Waals surface area contributed by atoms with Crippen LogP contribution in [-0.2, 0) is 16.8 Å². The van der Waals surface area contributed by atoms with Crippen molar-refractivity contribution in [2.75, 3.05) is 6.54 Å². The molecular formula is C17H20N2O3. The van der Waals surface area contributed by atoms with Crippen LogP contribution in [0.1, 0.15) is 18.1 Å². The van der Waals surface area contributed by atoms with Crippen molar-refractivity contribution in [2.24, 2.45) is 5.73 Å². The molecule has 0 aliphatic heterocycles. The van der Waals surface area contributed by atoms with Crippen molar-refractivity contribution in [3.05, 3.63) is 59.7 Å². The fourth-order valence-electron chi connectivity index (χ4n) is 2.43. The summed E-state index contributed by atoms with van der Waals surface area (Å²) >= 11 is 0. The van der Waals surface area contributed by atoms with E-state index >= 15 is 0 Å². The Hall–Kier alpha value is -2.53. The summed E-state index contributed by atoms with van der Waals surface area (Å²) in [5.41, 5.74) is 6.57. The second kappa shape index (κ2) is 6.49. The van der Waals surface area contributed by atoms with Crippen LogP contribution in [0.5, 0.6) is 11.5 Å². The molecule has 0 spiro atoms. The highest BCUT2D eigenvalue weighted by molar-refractivity contribution is 5.78. The van der Waals surface area contributed by atoms with Gasteiger partial charge in [-0.1, -0.05) is 24.3 Å². The normalized spacial score (nSPS) is 13.4. The molecule has 5 nitrogen and oxygen atoms in total. The number of nitrogens with one attached hydrogen (secondary N) is 1. The van der Waals surface area contributed by atoms with Gasteiger partial charge in [0.15, 0.2) is 0 Å². The van der Waals surface area contributed by atoms with Crippen LogP contribution in [0.15, 0.2) is 48.5 Å². The first kappa shape index (κ1) is 15.9. The van der Waals surface area contributed by atoms with E-state index in [-0.39, 0.29) is 24.0 Å². The Bertz CT molecular complexity index is 638. The number of hydrogen-bond donors (Lipinski definition) is 4. The fourth-order valence-corrected chi connectivity index (χ4v) is 2.43. The minimum atomic E-state index is -0.666. The zero-order valence-corrected chi connectivity index (χ0v) is 12.4. The van der Waals surface area contributed by atoms with Gasteiger partial charge in [0.1, 0.15) is 11.5 Å². The third kappa shape index (κ3) is 3.77. The van der Waals surface area contributed by atoms with Crippen LogP contribution in [0.4, 0.5) is 0 Å². The third-order valence-electron chi connectivity index (χ3n) is 3.60. The molecule has 0 saturated carbocycles. The summed E-state index contributed by atoms with van der Waals surface area (Å²) in [5.74, 6) is 0.108. The second-order valence-corrected chi connectivity index (χ2v) is 5.47. The summed E-state index contributed by atoms with van der Waals surface area (Å²) in [7, 11) is 0. The van der Waals surface area contributed by atoms with Crippen molar-refractivity contribution in [1.82, 2.24) is 5.32 Å². The zero-order chi connectivity index (χ0) is 16.2. The Morgan fingerprint density at radius 3 is 2.05 bits per heavy atom. The Labute approximate surface area is 129 Å². The molecule has 2 aromatic carbocycles. The molecule has 5 heteroatoms. The number of carbonyl (C=O) groups excluding carboxylic acids is 1. The average Bonchev–Trinajstić information content (AvgIpc) is 2.50. The lowest BCUT2D eigenvalue weighted by Gasteiger charge is -2.32. The fraction of sp³-hybridized carbons (Fsp3) is 0.235. The molecule has 0 radical (unpaired) electrons. The first-order chi connectivity index (χ1) is 10.4. The van der Waals surface area contributed by atoms with Gasteiger partial charge >= 0.3 is 0 Å². The van der Waals surface area contributed by atoms with Crippen LogP contribution in [0.3, 0.4) is 0 Å². The summed E-state index contributed by atoms with van der Waals surface area (Å²) in [6.45, 7) is 1.81. The van der Waals surface area contributed by atoms with E-state index in [4.69, 9.17) is 5.73 Å². The molecule has 0 aliphatic carbocycles. The van der Waals surface area contributed by atoms with E-state index in [1.54, 1.807) is 36.4 Å². The maximum atomic E-state index is 11.8. The van der Waals surface area contributed by atoms with Crippen molar-refractivity contribution in [1.29, 1.82) is 0 Å². The largest absolute Gasteiger partial charge is 0.508 e. The van der Waals surface area contributed by atoms with E-state index in [9.17, 15) is 15.0 Å². The van der Waals surface area contributed by atoms with E-state index in [1.165, 1.54) is 0 Å². The van der Waals surface area contributed by atoms with Crippen molar-refractivity contribution >= 4 is 5.91 Å². The minimum absolute atomic E-state index is 0.0940. The molecule has 0 fully saturated rings. The SMILES string of the molecule is CC(Cc1ccc(O)cc1)(NC(=O)CN)c1ccc(O)cc1. The van der Waals surface area contributed by atoms with Gasteiger partial charge in [-0.05, 0) is 48.7 Å². The predicted octanol–water partition coefficient (Wildman–Crippen LogP) is 1.63. The lowest BCUT2D eigenvalue weighted by atomic mass is 9.85. The molecule has 22 heavy (non-hydrogen) atoms. The summed E-state index contributed by atoms with van der Waals surface area (Å²) in [6, 6.07) is 13.5.